The van der Waals surface area contributed by atoms with Crippen molar-refractivity contribution in [2.24, 2.45) is 7.05 Å². The van der Waals surface area contributed by atoms with Crippen LogP contribution < -0.4 is 10.6 Å². The molecule has 0 spiro atoms. The molecule has 2 N–H and O–H groups in total. The summed E-state index contributed by atoms with van der Waals surface area (Å²) in [5, 5.41) is 10.2. The van der Waals surface area contributed by atoms with Crippen molar-refractivity contribution >= 4 is 23.8 Å². The molecular formula is C25H35N7O5. The molecule has 0 aliphatic carbocycles. The van der Waals surface area contributed by atoms with Crippen LogP contribution in [0.15, 0.2) is 30.7 Å². The van der Waals surface area contributed by atoms with Gasteiger partial charge in [0, 0.05) is 44.7 Å². The molecule has 37 heavy (non-hydrogen) atoms. The van der Waals surface area contributed by atoms with Crippen molar-refractivity contribution in [3.05, 3.63) is 42.0 Å². The summed E-state index contributed by atoms with van der Waals surface area (Å²) in [7, 11) is 4.67. The summed E-state index contributed by atoms with van der Waals surface area (Å²) >= 11 is 0. The van der Waals surface area contributed by atoms with Crippen molar-refractivity contribution in [3.63, 3.8) is 0 Å². The molecule has 0 saturated carbocycles. The molecule has 1 atom stereocenters. The fourth-order valence-electron chi connectivity index (χ4n) is 3.82. The SMILES string of the molecule is COCC(C)(Cn1cc(-c2nc(Nc3ccnn3C)ncc2C)cc1C(=O)OC)NC(=O)OC(C)(C)C. The Kier molecular flexibility index (Phi) is 8.22. The first-order chi connectivity index (χ1) is 17.3. The van der Waals surface area contributed by atoms with E-state index in [9.17, 15) is 9.59 Å². The second-order valence-corrected chi connectivity index (χ2v) is 10.0. The van der Waals surface area contributed by atoms with E-state index in [4.69, 9.17) is 14.2 Å². The van der Waals surface area contributed by atoms with Crippen LogP contribution in [-0.2, 0) is 27.8 Å². The number of alkyl carbamates (subject to hydrolysis) is 1. The Balaban J connectivity index is 1.97. The zero-order chi connectivity index (χ0) is 27.4. The molecule has 12 heteroatoms. The van der Waals surface area contributed by atoms with E-state index in [-0.39, 0.29) is 13.2 Å². The Hall–Kier alpha value is -3.93. The fraction of sp³-hybridized carbons (Fsp3) is 0.480. The van der Waals surface area contributed by atoms with Crippen LogP contribution in [0.4, 0.5) is 16.6 Å². The first kappa shape index (κ1) is 27.7. The summed E-state index contributed by atoms with van der Waals surface area (Å²) in [4.78, 5) is 34.3. The maximum absolute atomic E-state index is 12.7. The quantitative estimate of drug-likeness (QED) is 0.413. The first-order valence-electron chi connectivity index (χ1n) is 11.7. The van der Waals surface area contributed by atoms with Crippen LogP contribution in [0.3, 0.4) is 0 Å². The van der Waals surface area contributed by atoms with Crippen LogP contribution in [-0.4, -0.2) is 68.3 Å². The van der Waals surface area contributed by atoms with Crippen molar-refractivity contribution in [1.29, 1.82) is 0 Å². The number of ether oxygens (including phenoxy) is 3. The van der Waals surface area contributed by atoms with Gasteiger partial charge >= 0.3 is 12.1 Å². The van der Waals surface area contributed by atoms with E-state index in [2.05, 4.69) is 25.7 Å². The highest BCUT2D eigenvalue weighted by molar-refractivity contribution is 5.90. The highest BCUT2D eigenvalue weighted by Crippen LogP contribution is 2.27. The standard InChI is InChI=1S/C25H35N7O5/c1-16-12-26-22(28-19-9-10-27-31(19)6)29-20(16)17-11-18(21(33)36-8)32(13-17)14-25(5,15-35-7)30-23(34)37-24(2,3)4/h9-13H,14-15H2,1-8H3,(H,30,34)(H,26,28,29). The number of hydrogen-bond acceptors (Lipinski definition) is 9. The fourth-order valence-corrected chi connectivity index (χ4v) is 3.82. The van der Waals surface area contributed by atoms with Crippen molar-refractivity contribution in [1.82, 2.24) is 29.6 Å². The van der Waals surface area contributed by atoms with Gasteiger partial charge in [-0.3, -0.25) is 4.68 Å². The maximum atomic E-state index is 12.7. The molecule has 1 unspecified atom stereocenters. The van der Waals surface area contributed by atoms with Crippen LogP contribution in [0, 0.1) is 6.92 Å². The number of aromatic nitrogens is 5. The third kappa shape index (κ3) is 7.06. The normalized spacial score (nSPS) is 13.1. The van der Waals surface area contributed by atoms with Gasteiger partial charge in [-0.25, -0.2) is 19.6 Å². The molecule has 200 valence electrons. The van der Waals surface area contributed by atoms with Crippen molar-refractivity contribution in [2.45, 2.75) is 52.3 Å². The van der Waals surface area contributed by atoms with Crippen LogP contribution in [0.1, 0.15) is 43.7 Å². The molecule has 0 aliphatic heterocycles. The molecule has 3 aromatic heterocycles. The number of esters is 1. The molecule has 0 radical (unpaired) electrons. The van der Waals surface area contributed by atoms with Gasteiger partial charge in [0.15, 0.2) is 0 Å². The number of rotatable bonds is 9. The Morgan fingerprint density at radius 3 is 2.49 bits per heavy atom. The van der Waals surface area contributed by atoms with E-state index in [1.807, 2.05) is 27.0 Å². The molecule has 0 aliphatic rings. The number of carbonyl (C=O) groups is 2. The predicted octanol–water partition coefficient (Wildman–Crippen LogP) is 3.45. The van der Waals surface area contributed by atoms with Gasteiger partial charge in [0.1, 0.15) is 17.1 Å². The molecule has 0 aromatic carbocycles. The topological polar surface area (TPSA) is 134 Å². The molecule has 0 bridgehead atoms. The third-order valence-electron chi connectivity index (χ3n) is 5.38. The Morgan fingerprint density at radius 2 is 1.89 bits per heavy atom. The summed E-state index contributed by atoms with van der Waals surface area (Å²) in [6, 6.07) is 3.51. The summed E-state index contributed by atoms with van der Waals surface area (Å²) in [5.41, 5.74) is 0.869. The summed E-state index contributed by atoms with van der Waals surface area (Å²) in [5.74, 6) is 0.585. The van der Waals surface area contributed by atoms with Gasteiger partial charge < -0.3 is 29.4 Å². The van der Waals surface area contributed by atoms with Gasteiger partial charge in [0.2, 0.25) is 5.95 Å². The highest BCUT2D eigenvalue weighted by Gasteiger charge is 2.31. The molecule has 12 nitrogen and oxygen atoms in total. The number of aryl methyl sites for hydroxylation is 2. The number of hydrogen-bond donors (Lipinski definition) is 2. The molecule has 0 fully saturated rings. The maximum Gasteiger partial charge on any atom is 0.408 e. The zero-order valence-corrected chi connectivity index (χ0v) is 22.6. The van der Waals surface area contributed by atoms with E-state index in [1.54, 1.807) is 61.8 Å². The van der Waals surface area contributed by atoms with Crippen LogP contribution in [0.25, 0.3) is 11.3 Å². The van der Waals surface area contributed by atoms with Gasteiger partial charge in [-0.15, -0.1) is 0 Å². The Morgan fingerprint density at radius 1 is 1.16 bits per heavy atom. The number of methoxy groups -OCH3 is 2. The first-order valence-corrected chi connectivity index (χ1v) is 11.7. The van der Waals surface area contributed by atoms with E-state index < -0.39 is 23.2 Å². The third-order valence-corrected chi connectivity index (χ3v) is 5.38. The molecule has 3 heterocycles. The van der Waals surface area contributed by atoms with Gasteiger partial charge in [0.05, 0.1) is 31.1 Å². The Labute approximate surface area is 216 Å². The summed E-state index contributed by atoms with van der Waals surface area (Å²) in [6.45, 7) is 9.44. The number of nitrogens with one attached hydrogen (secondary N) is 2. The minimum atomic E-state index is -0.900. The lowest BCUT2D eigenvalue weighted by Gasteiger charge is -2.32. The smallest absolute Gasteiger partial charge is 0.408 e. The molecular weight excluding hydrogens is 478 g/mol. The lowest BCUT2D eigenvalue weighted by atomic mass is 10.0. The highest BCUT2D eigenvalue weighted by atomic mass is 16.6. The largest absolute Gasteiger partial charge is 0.464 e. The summed E-state index contributed by atoms with van der Waals surface area (Å²) in [6.07, 6.45) is 4.58. The van der Waals surface area contributed by atoms with E-state index >= 15 is 0 Å². The number of amides is 1. The van der Waals surface area contributed by atoms with Crippen molar-refractivity contribution < 1.29 is 23.8 Å². The molecule has 3 rings (SSSR count). The van der Waals surface area contributed by atoms with E-state index in [1.165, 1.54) is 7.11 Å². The van der Waals surface area contributed by atoms with E-state index in [0.717, 1.165) is 11.4 Å². The lowest BCUT2D eigenvalue weighted by molar-refractivity contribution is 0.0355. The van der Waals surface area contributed by atoms with Gasteiger partial charge in [-0.1, -0.05) is 0 Å². The van der Waals surface area contributed by atoms with Crippen LogP contribution in [0.5, 0.6) is 0 Å². The Bertz CT molecular complexity index is 1260. The molecule has 3 aromatic rings. The monoisotopic (exact) mass is 513 g/mol. The molecule has 0 saturated heterocycles. The van der Waals surface area contributed by atoms with Gasteiger partial charge in [-0.05, 0) is 46.2 Å². The second-order valence-electron chi connectivity index (χ2n) is 10.0. The summed E-state index contributed by atoms with van der Waals surface area (Å²) < 4.78 is 19.2. The lowest BCUT2D eigenvalue weighted by Crippen LogP contribution is -2.53. The minimum absolute atomic E-state index is 0.172. The number of nitrogens with zero attached hydrogens (tertiary/aromatic N) is 5. The van der Waals surface area contributed by atoms with Crippen LogP contribution in [0.2, 0.25) is 0 Å². The van der Waals surface area contributed by atoms with Gasteiger partial charge in [-0.2, -0.15) is 5.10 Å². The van der Waals surface area contributed by atoms with Crippen LogP contribution >= 0.6 is 0 Å². The average molecular weight is 514 g/mol. The minimum Gasteiger partial charge on any atom is -0.464 e. The number of anilines is 2. The predicted molar refractivity (Wildman–Crippen MR) is 138 cm³/mol. The van der Waals surface area contributed by atoms with Gasteiger partial charge in [0.25, 0.3) is 0 Å². The second kappa shape index (κ2) is 11.0. The van der Waals surface area contributed by atoms with Crippen molar-refractivity contribution in [3.8, 4) is 11.3 Å². The van der Waals surface area contributed by atoms with E-state index in [0.29, 0.717) is 22.9 Å². The zero-order valence-electron chi connectivity index (χ0n) is 22.6. The average Bonchev–Trinajstić information content (AvgIpc) is 3.39. The number of carbonyl (C=O) groups excluding carboxylic acids is 2. The van der Waals surface area contributed by atoms with Crippen molar-refractivity contribution in [2.75, 3.05) is 26.1 Å². The molecule has 1 amide bonds.